The Morgan fingerprint density at radius 2 is 2.00 bits per heavy atom. The Hall–Kier alpha value is -0.890. The van der Waals surface area contributed by atoms with E-state index < -0.39 is 0 Å². The van der Waals surface area contributed by atoms with E-state index in [1.165, 1.54) is 0 Å². The van der Waals surface area contributed by atoms with E-state index in [9.17, 15) is 0 Å². The Balaban J connectivity index is 2.78. The van der Waals surface area contributed by atoms with Crippen molar-refractivity contribution < 1.29 is 4.74 Å². The van der Waals surface area contributed by atoms with Crippen molar-refractivity contribution in [3.8, 4) is 5.75 Å². The molecule has 0 aliphatic rings. The molecule has 0 bridgehead atoms. The van der Waals surface area contributed by atoms with E-state index in [-0.39, 0.29) is 0 Å². The molecule has 0 radical (unpaired) electrons. The summed E-state index contributed by atoms with van der Waals surface area (Å²) in [4.78, 5) is 0.776. The van der Waals surface area contributed by atoms with Crippen LogP contribution in [0.1, 0.15) is 12.5 Å². The first kappa shape index (κ1) is 9.20. The van der Waals surface area contributed by atoms with Gasteiger partial charge in [-0.3, -0.25) is 0 Å². The largest absolute Gasteiger partial charge is 0.494 e. The molecule has 0 saturated heterocycles. The van der Waals surface area contributed by atoms with Gasteiger partial charge >= 0.3 is 0 Å². The summed E-state index contributed by atoms with van der Waals surface area (Å²) in [6.07, 6.45) is 0. The summed E-state index contributed by atoms with van der Waals surface area (Å²) < 4.78 is 5.29. The fourth-order valence-corrected chi connectivity index (χ4v) is 1.06. The summed E-state index contributed by atoms with van der Waals surface area (Å²) in [6, 6.07) is 7.72. The molecule has 0 aromatic heterocycles. The van der Waals surface area contributed by atoms with Gasteiger partial charge in [-0.25, -0.2) is 0 Å². The number of ether oxygens (including phenoxy) is 1. The van der Waals surface area contributed by atoms with E-state index in [1.807, 2.05) is 31.2 Å². The standard InChI is InChI=1S/C10H12OS/c1-3-11-10-6-4-9(5-7-10)8(2)12/h4-7,12H,2-3H2,1H3. The van der Waals surface area contributed by atoms with Crippen molar-refractivity contribution in [1.29, 1.82) is 0 Å². The molecule has 0 amide bonds. The lowest BCUT2D eigenvalue weighted by molar-refractivity contribution is 0.340. The highest BCUT2D eigenvalue weighted by Crippen LogP contribution is 2.19. The van der Waals surface area contributed by atoms with Gasteiger partial charge in [0, 0.05) is 4.91 Å². The zero-order chi connectivity index (χ0) is 8.97. The van der Waals surface area contributed by atoms with Crippen molar-refractivity contribution in [2.24, 2.45) is 0 Å². The highest BCUT2D eigenvalue weighted by Gasteiger charge is 1.94. The van der Waals surface area contributed by atoms with Gasteiger partial charge in [0.1, 0.15) is 5.75 Å². The van der Waals surface area contributed by atoms with Crippen LogP contribution in [-0.2, 0) is 0 Å². The third-order valence-corrected chi connectivity index (χ3v) is 1.76. The first-order chi connectivity index (χ1) is 5.74. The molecular formula is C10H12OS. The topological polar surface area (TPSA) is 9.23 Å². The minimum atomic E-state index is 0.696. The highest BCUT2D eigenvalue weighted by molar-refractivity contribution is 7.90. The third kappa shape index (κ3) is 2.31. The van der Waals surface area contributed by atoms with Gasteiger partial charge in [0.15, 0.2) is 0 Å². The molecule has 1 aromatic carbocycles. The fraction of sp³-hybridized carbons (Fsp3) is 0.200. The van der Waals surface area contributed by atoms with Crippen LogP contribution in [0.4, 0.5) is 0 Å². The summed E-state index contributed by atoms with van der Waals surface area (Å²) in [6.45, 7) is 6.38. The van der Waals surface area contributed by atoms with Crippen LogP contribution in [0.3, 0.4) is 0 Å². The normalized spacial score (nSPS) is 9.50. The Kier molecular flexibility index (Phi) is 3.23. The van der Waals surface area contributed by atoms with Crippen molar-refractivity contribution in [2.75, 3.05) is 6.61 Å². The van der Waals surface area contributed by atoms with Crippen LogP contribution in [0.5, 0.6) is 5.75 Å². The van der Waals surface area contributed by atoms with E-state index in [0.29, 0.717) is 6.61 Å². The molecule has 1 aromatic rings. The minimum Gasteiger partial charge on any atom is -0.494 e. The molecule has 64 valence electrons. The fourth-order valence-electron chi connectivity index (χ4n) is 0.910. The maximum atomic E-state index is 5.29. The lowest BCUT2D eigenvalue weighted by atomic mass is 10.2. The summed E-state index contributed by atoms with van der Waals surface area (Å²) >= 11 is 4.14. The van der Waals surface area contributed by atoms with Crippen molar-refractivity contribution in [1.82, 2.24) is 0 Å². The molecule has 0 aliphatic carbocycles. The first-order valence-electron chi connectivity index (χ1n) is 3.85. The molecule has 1 nitrogen and oxygen atoms in total. The summed E-state index contributed by atoms with van der Waals surface area (Å²) in [5.74, 6) is 0.885. The lowest BCUT2D eigenvalue weighted by Gasteiger charge is -2.03. The van der Waals surface area contributed by atoms with Crippen LogP contribution < -0.4 is 4.74 Å². The Labute approximate surface area is 78.5 Å². The Morgan fingerprint density at radius 1 is 1.42 bits per heavy atom. The van der Waals surface area contributed by atoms with Crippen LogP contribution in [-0.4, -0.2) is 6.61 Å². The van der Waals surface area contributed by atoms with Gasteiger partial charge in [-0.1, -0.05) is 18.7 Å². The van der Waals surface area contributed by atoms with Gasteiger partial charge in [-0.05, 0) is 24.6 Å². The summed E-state index contributed by atoms with van der Waals surface area (Å²) in [7, 11) is 0. The quantitative estimate of drug-likeness (QED) is 0.703. The van der Waals surface area contributed by atoms with Crippen LogP contribution in [0, 0.1) is 0 Å². The second-order valence-electron chi connectivity index (χ2n) is 2.40. The van der Waals surface area contributed by atoms with Crippen molar-refractivity contribution in [2.45, 2.75) is 6.92 Å². The predicted octanol–water partition coefficient (Wildman–Crippen LogP) is 2.99. The monoisotopic (exact) mass is 180 g/mol. The van der Waals surface area contributed by atoms with E-state index in [1.54, 1.807) is 0 Å². The van der Waals surface area contributed by atoms with Crippen LogP contribution >= 0.6 is 12.6 Å². The molecule has 1 rings (SSSR count). The maximum Gasteiger partial charge on any atom is 0.119 e. The molecule has 0 aliphatic heterocycles. The second-order valence-corrected chi connectivity index (χ2v) is 2.94. The second kappa shape index (κ2) is 4.21. The van der Waals surface area contributed by atoms with Gasteiger partial charge in [0.2, 0.25) is 0 Å². The molecule has 0 unspecified atom stereocenters. The van der Waals surface area contributed by atoms with Crippen molar-refractivity contribution in [3.63, 3.8) is 0 Å². The molecule has 0 N–H and O–H groups in total. The molecule has 0 heterocycles. The maximum absolute atomic E-state index is 5.29. The van der Waals surface area contributed by atoms with Crippen molar-refractivity contribution in [3.05, 3.63) is 36.4 Å². The van der Waals surface area contributed by atoms with Crippen LogP contribution in [0.2, 0.25) is 0 Å². The lowest BCUT2D eigenvalue weighted by Crippen LogP contribution is -1.90. The van der Waals surface area contributed by atoms with Gasteiger partial charge in [0.05, 0.1) is 6.61 Å². The number of rotatable bonds is 3. The Morgan fingerprint density at radius 3 is 2.42 bits per heavy atom. The average Bonchev–Trinajstić information content (AvgIpc) is 2.06. The molecule has 0 spiro atoms. The Bertz CT molecular complexity index is 264. The van der Waals surface area contributed by atoms with Gasteiger partial charge < -0.3 is 4.74 Å². The molecular weight excluding hydrogens is 168 g/mol. The SMILES string of the molecule is C=C(S)c1ccc(OCC)cc1. The smallest absolute Gasteiger partial charge is 0.119 e. The molecule has 0 saturated carbocycles. The molecule has 0 atom stereocenters. The minimum absolute atomic E-state index is 0.696. The van der Waals surface area contributed by atoms with Crippen molar-refractivity contribution >= 4 is 17.5 Å². The zero-order valence-electron chi connectivity index (χ0n) is 7.08. The van der Waals surface area contributed by atoms with E-state index in [4.69, 9.17) is 4.74 Å². The summed E-state index contributed by atoms with van der Waals surface area (Å²) in [5, 5.41) is 0. The third-order valence-electron chi connectivity index (χ3n) is 1.50. The molecule has 0 fully saturated rings. The number of thiol groups is 1. The number of hydrogen-bond donors (Lipinski definition) is 1. The van der Waals surface area contributed by atoms with Crippen LogP contribution in [0.25, 0.3) is 4.91 Å². The molecule has 12 heavy (non-hydrogen) atoms. The molecule has 2 heteroatoms. The van der Waals surface area contributed by atoms with Gasteiger partial charge in [0.25, 0.3) is 0 Å². The van der Waals surface area contributed by atoms with E-state index in [0.717, 1.165) is 16.2 Å². The highest BCUT2D eigenvalue weighted by atomic mass is 32.1. The van der Waals surface area contributed by atoms with E-state index >= 15 is 0 Å². The number of hydrogen-bond acceptors (Lipinski definition) is 2. The van der Waals surface area contributed by atoms with Gasteiger partial charge in [-0.2, -0.15) is 0 Å². The predicted molar refractivity (Wildman–Crippen MR) is 55.6 cm³/mol. The average molecular weight is 180 g/mol. The van der Waals surface area contributed by atoms with E-state index in [2.05, 4.69) is 19.2 Å². The summed E-state index contributed by atoms with van der Waals surface area (Å²) in [5.41, 5.74) is 1.03. The number of benzene rings is 1. The first-order valence-corrected chi connectivity index (χ1v) is 4.30. The van der Waals surface area contributed by atoms with Crippen LogP contribution in [0.15, 0.2) is 30.8 Å². The zero-order valence-corrected chi connectivity index (χ0v) is 7.97. The van der Waals surface area contributed by atoms with Gasteiger partial charge in [-0.15, -0.1) is 12.6 Å².